The second-order valence-electron chi connectivity index (χ2n) is 2.50. The van der Waals surface area contributed by atoms with E-state index in [2.05, 4.69) is 0 Å². The molecule has 0 aromatic heterocycles. The van der Waals surface area contributed by atoms with Crippen LogP contribution in [0.4, 0.5) is 0 Å². The zero-order valence-corrected chi connectivity index (χ0v) is 6.68. The Balaban J connectivity index is 5.30. The number of carboxylic acid groups (broad SMARTS) is 2. The summed E-state index contributed by atoms with van der Waals surface area (Å²) in [7, 11) is 0. The highest BCUT2D eigenvalue weighted by molar-refractivity contribution is 5.98. The highest BCUT2D eigenvalue weighted by atomic mass is 16.4. The van der Waals surface area contributed by atoms with Gasteiger partial charge in [-0.1, -0.05) is 0 Å². The van der Waals surface area contributed by atoms with Gasteiger partial charge in [0.15, 0.2) is 11.3 Å². The molecule has 6 heteroatoms. The van der Waals surface area contributed by atoms with Crippen LogP contribution in [0.3, 0.4) is 0 Å². The molecule has 0 fully saturated rings. The molecule has 0 atom stereocenters. The molecule has 13 heavy (non-hydrogen) atoms. The van der Waals surface area contributed by atoms with Crippen LogP contribution >= 0.6 is 0 Å². The van der Waals surface area contributed by atoms with E-state index in [1.165, 1.54) is 12.1 Å². The average Bonchev–Trinajstić information content (AvgIpc) is 2.05. The molecule has 0 spiro atoms. The van der Waals surface area contributed by atoms with Crippen LogP contribution in [0.5, 0.6) is 0 Å². The number of nitrogens with zero attached hydrogens (tertiary/aromatic N) is 2. The van der Waals surface area contributed by atoms with Gasteiger partial charge < -0.3 is 10.2 Å². The maximum atomic E-state index is 10.5. The Hall–Kier alpha value is -2.08. The van der Waals surface area contributed by atoms with Gasteiger partial charge in [-0.2, -0.15) is 10.5 Å². The SMILES string of the molecule is CC(C(=O)O)(C(=O)O)C(C#N)C#N. The Labute approximate surface area is 73.6 Å². The first-order chi connectivity index (χ1) is 5.91. The van der Waals surface area contributed by atoms with Crippen LogP contribution in [0.25, 0.3) is 0 Å². The third-order valence-electron chi connectivity index (χ3n) is 1.72. The van der Waals surface area contributed by atoms with Crippen molar-refractivity contribution in [3.8, 4) is 12.1 Å². The van der Waals surface area contributed by atoms with E-state index >= 15 is 0 Å². The molecule has 2 N–H and O–H groups in total. The Kier molecular flexibility index (Phi) is 2.98. The van der Waals surface area contributed by atoms with Crippen molar-refractivity contribution in [1.82, 2.24) is 0 Å². The number of nitriles is 2. The predicted octanol–water partition coefficient (Wildman–Crippen LogP) is -0.175. The van der Waals surface area contributed by atoms with Crippen LogP contribution < -0.4 is 0 Å². The lowest BCUT2D eigenvalue weighted by molar-refractivity contribution is -0.164. The van der Waals surface area contributed by atoms with E-state index in [4.69, 9.17) is 20.7 Å². The maximum Gasteiger partial charge on any atom is 0.323 e. The smallest absolute Gasteiger partial charge is 0.323 e. The van der Waals surface area contributed by atoms with Gasteiger partial charge in [0.2, 0.25) is 0 Å². The van der Waals surface area contributed by atoms with Crippen molar-refractivity contribution in [3.05, 3.63) is 0 Å². The Morgan fingerprint density at radius 3 is 1.62 bits per heavy atom. The summed E-state index contributed by atoms with van der Waals surface area (Å²) < 4.78 is 0. The van der Waals surface area contributed by atoms with Gasteiger partial charge in [0.05, 0.1) is 12.1 Å². The summed E-state index contributed by atoms with van der Waals surface area (Å²) in [4.78, 5) is 21.1. The van der Waals surface area contributed by atoms with Crippen molar-refractivity contribution in [3.63, 3.8) is 0 Å². The van der Waals surface area contributed by atoms with Gasteiger partial charge >= 0.3 is 11.9 Å². The van der Waals surface area contributed by atoms with E-state index < -0.39 is 23.3 Å². The van der Waals surface area contributed by atoms with Gasteiger partial charge in [0.25, 0.3) is 0 Å². The molecule has 0 aliphatic carbocycles. The number of hydrogen-bond donors (Lipinski definition) is 2. The van der Waals surface area contributed by atoms with Gasteiger partial charge in [-0.05, 0) is 6.92 Å². The van der Waals surface area contributed by atoms with Crippen molar-refractivity contribution in [1.29, 1.82) is 10.5 Å². The fourth-order valence-electron chi connectivity index (χ4n) is 0.625. The molecule has 0 aliphatic rings. The lowest BCUT2D eigenvalue weighted by Crippen LogP contribution is -2.42. The average molecular weight is 182 g/mol. The third-order valence-corrected chi connectivity index (χ3v) is 1.72. The first kappa shape index (κ1) is 10.9. The summed E-state index contributed by atoms with van der Waals surface area (Å²) in [5.74, 6) is -5.11. The topological polar surface area (TPSA) is 122 Å². The molecule has 0 aromatic carbocycles. The van der Waals surface area contributed by atoms with Gasteiger partial charge in [0.1, 0.15) is 0 Å². The summed E-state index contributed by atoms with van der Waals surface area (Å²) >= 11 is 0. The molecule has 0 aromatic rings. The second kappa shape index (κ2) is 3.55. The zero-order valence-electron chi connectivity index (χ0n) is 6.68. The zero-order chi connectivity index (χ0) is 10.6. The number of carbonyl (C=O) groups is 2. The Morgan fingerprint density at radius 2 is 1.54 bits per heavy atom. The highest BCUT2D eigenvalue weighted by Crippen LogP contribution is 2.27. The molecule has 0 amide bonds. The van der Waals surface area contributed by atoms with E-state index in [1.54, 1.807) is 0 Å². The third kappa shape index (κ3) is 1.57. The Bertz CT molecular complexity index is 294. The Morgan fingerprint density at radius 1 is 1.23 bits per heavy atom. The maximum absolute atomic E-state index is 10.5. The summed E-state index contributed by atoms with van der Waals surface area (Å²) in [5, 5.41) is 33.8. The van der Waals surface area contributed by atoms with Crippen molar-refractivity contribution in [2.24, 2.45) is 11.3 Å². The number of aliphatic carboxylic acids is 2. The van der Waals surface area contributed by atoms with E-state index in [9.17, 15) is 9.59 Å². The van der Waals surface area contributed by atoms with Gasteiger partial charge in [-0.3, -0.25) is 9.59 Å². The fourth-order valence-corrected chi connectivity index (χ4v) is 0.625. The number of carboxylic acids is 2. The molecule has 0 radical (unpaired) electrons. The second-order valence-corrected chi connectivity index (χ2v) is 2.50. The van der Waals surface area contributed by atoms with Gasteiger partial charge in [-0.15, -0.1) is 0 Å². The van der Waals surface area contributed by atoms with Gasteiger partial charge in [-0.25, -0.2) is 0 Å². The van der Waals surface area contributed by atoms with E-state index in [-0.39, 0.29) is 0 Å². The molecule has 0 bridgehead atoms. The largest absolute Gasteiger partial charge is 0.480 e. The molecular weight excluding hydrogens is 176 g/mol. The molecule has 0 aliphatic heterocycles. The predicted molar refractivity (Wildman–Crippen MR) is 38.1 cm³/mol. The van der Waals surface area contributed by atoms with Crippen LogP contribution in [0, 0.1) is 34.0 Å². The molecule has 6 nitrogen and oxygen atoms in total. The molecule has 68 valence electrons. The summed E-state index contributed by atoms with van der Waals surface area (Å²) in [6.07, 6.45) is 0. The number of rotatable bonds is 3. The molecule has 0 saturated carbocycles. The van der Waals surface area contributed by atoms with Gasteiger partial charge in [0, 0.05) is 0 Å². The van der Waals surface area contributed by atoms with Crippen molar-refractivity contribution in [2.75, 3.05) is 0 Å². The van der Waals surface area contributed by atoms with Crippen molar-refractivity contribution >= 4 is 11.9 Å². The molecule has 0 unspecified atom stereocenters. The van der Waals surface area contributed by atoms with Crippen molar-refractivity contribution in [2.45, 2.75) is 6.92 Å². The lowest BCUT2D eigenvalue weighted by atomic mass is 9.78. The van der Waals surface area contributed by atoms with Crippen LogP contribution in [0.15, 0.2) is 0 Å². The van der Waals surface area contributed by atoms with Crippen LogP contribution in [0.1, 0.15) is 6.92 Å². The van der Waals surface area contributed by atoms with Crippen LogP contribution in [-0.4, -0.2) is 22.2 Å². The normalized spacial score (nSPS) is 10.2. The molecule has 0 saturated heterocycles. The highest BCUT2D eigenvalue weighted by Gasteiger charge is 2.49. The summed E-state index contributed by atoms with van der Waals surface area (Å²) in [6, 6.07) is 2.66. The number of hydrogen-bond acceptors (Lipinski definition) is 4. The standard InChI is InChI=1S/C7H6N2O4/c1-7(5(10)11,6(12)13)4(2-8)3-9/h4H,1H3,(H,10,11)(H,12,13). The summed E-state index contributed by atoms with van der Waals surface area (Å²) in [6.45, 7) is 0.828. The fraction of sp³-hybridized carbons (Fsp3) is 0.429. The van der Waals surface area contributed by atoms with E-state index in [1.807, 2.05) is 0 Å². The van der Waals surface area contributed by atoms with Crippen molar-refractivity contribution < 1.29 is 19.8 Å². The lowest BCUT2D eigenvalue weighted by Gasteiger charge is -2.19. The monoisotopic (exact) mass is 182 g/mol. The van der Waals surface area contributed by atoms with Crippen LogP contribution in [0.2, 0.25) is 0 Å². The first-order valence-corrected chi connectivity index (χ1v) is 3.17. The summed E-state index contributed by atoms with van der Waals surface area (Å²) in [5.41, 5.74) is -2.37. The quantitative estimate of drug-likeness (QED) is 0.584. The van der Waals surface area contributed by atoms with E-state index in [0.29, 0.717) is 0 Å². The minimum absolute atomic E-state index is 0.828. The van der Waals surface area contributed by atoms with E-state index in [0.717, 1.165) is 6.92 Å². The molecule has 0 heterocycles. The minimum Gasteiger partial charge on any atom is -0.480 e. The minimum atomic E-state index is -2.37. The molecule has 0 rings (SSSR count). The molecular formula is C7H6N2O4. The first-order valence-electron chi connectivity index (χ1n) is 3.17. The van der Waals surface area contributed by atoms with Crippen LogP contribution in [-0.2, 0) is 9.59 Å².